The fraction of sp³-hybridized carbons (Fsp3) is 0.105. The lowest BCUT2D eigenvalue weighted by molar-refractivity contribution is 0.583. The van der Waals surface area contributed by atoms with E-state index in [0.29, 0.717) is 22.2 Å². The van der Waals surface area contributed by atoms with E-state index in [1.807, 2.05) is 25.4 Å². The smallest absolute Gasteiger partial charge is 0.248 e. The number of nitrogens with one attached hydrogen (secondary N) is 1. The molecule has 4 heterocycles. The van der Waals surface area contributed by atoms with E-state index in [9.17, 15) is 9.18 Å². The van der Waals surface area contributed by atoms with Crippen LogP contribution in [0.15, 0.2) is 53.6 Å². The van der Waals surface area contributed by atoms with Crippen molar-refractivity contribution in [2.24, 2.45) is 7.05 Å². The van der Waals surface area contributed by atoms with Crippen molar-refractivity contribution in [2.45, 2.75) is 6.54 Å². The minimum atomic E-state index is -0.429. The van der Waals surface area contributed by atoms with Gasteiger partial charge in [-0.25, -0.2) is 14.1 Å². The van der Waals surface area contributed by atoms with Crippen molar-refractivity contribution in [3.63, 3.8) is 0 Å². The van der Waals surface area contributed by atoms with Crippen molar-refractivity contribution in [3.05, 3.63) is 70.5 Å². The monoisotopic (exact) mass is 375 g/mol. The number of hydrogen-bond acceptors (Lipinski definition) is 5. The summed E-state index contributed by atoms with van der Waals surface area (Å²) in [6, 6.07) is 9.77. The van der Waals surface area contributed by atoms with Crippen molar-refractivity contribution < 1.29 is 4.39 Å². The number of aromatic nitrogens is 7. The average Bonchev–Trinajstić information content (AvgIpc) is 3.28. The van der Waals surface area contributed by atoms with Crippen LogP contribution in [0.5, 0.6) is 0 Å². The second-order valence-electron chi connectivity index (χ2n) is 6.54. The second-order valence-corrected chi connectivity index (χ2v) is 6.54. The van der Waals surface area contributed by atoms with E-state index >= 15 is 0 Å². The molecule has 0 aliphatic carbocycles. The van der Waals surface area contributed by atoms with Gasteiger partial charge < -0.3 is 4.98 Å². The minimum absolute atomic E-state index is 0.168. The number of aromatic amines is 1. The summed E-state index contributed by atoms with van der Waals surface area (Å²) in [6.07, 6.45) is 3.60. The van der Waals surface area contributed by atoms with Gasteiger partial charge in [0.25, 0.3) is 0 Å². The quantitative estimate of drug-likeness (QED) is 0.522. The topological polar surface area (TPSA) is 94.3 Å². The van der Waals surface area contributed by atoms with Gasteiger partial charge in [-0.15, -0.1) is 5.10 Å². The molecule has 5 aromatic rings. The maximum Gasteiger partial charge on any atom is 0.248 e. The highest BCUT2D eigenvalue weighted by Crippen LogP contribution is 2.21. The maximum atomic E-state index is 14.6. The summed E-state index contributed by atoms with van der Waals surface area (Å²) in [4.78, 5) is 18.7. The number of H-pyrrole nitrogens is 1. The summed E-state index contributed by atoms with van der Waals surface area (Å²) in [7, 11) is 1.84. The number of halogens is 1. The standard InChI is InChI=1S/C19H14FN7O/c1-26-9-13(8-21-26)15-3-4-16-19(23-15)27(25-24-16)10-12-6-11-2-5-18(28)22-17(11)7-14(12)20/h2-9H,10H2,1H3,(H,22,28). The first-order chi connectivity index (χ1) is 13.6. The number of pyridine rings is 2. The molecule has 0 fully saturated rings. The Morgan fingerprint density at radius 3 is 2.89 bits per heavy atom. The first-order valence-corrected chi connectivity index (χ1v) is 8.57. The van der Waals surface area contributed by atoms with Gasteiger partial charge in [-0.05, 0) is 35.7 Å². The largest absolute Gasteiger partial charge is 0.322 e. The SMILES string of the molecule is Cn1cc(-c2ccc3nnn(Cc4cc5ccc(=O)[nH]c5cc4F)c3n2)cn1. The molecule has 1 N–H and O–H groups in total. The predicted molar refractivity (Wildman–Crippen MR) is 101 cm³/mol. The molecule has 28 heavy (non-hydrogen) atoms. The zero-order valence-electron chi connectivity index (χ0n) is 14.8. The highest BCUT2D eigenvalue weighted by molar-refractivity contribution is 5.79. The summed E-state index contributed by atoms with van der Waals surface area (Å²) in [6.45, 7) is 0.168. The summed E-state index contributed by atoms with van der Waals surface area (Å²) >= 11 is 0. The Balaban J connectivity index is 1.58. The van der Waals surface area contributed by atoms with Crippen molar-refractivity contribution in [1.82, 2.24) is 34.7 Å². The number of hydrogen-bond donors (Lipinski definition) is 1. The normalized spacial score (nSPS) is 11.5. The van der Waals surface area contributed by atoms with Crippen LogP contribution in [0.1, 0.15) is 5.56 Å². The van der Waals surface area contributed by atoms with Crippen molar-refractivity contribution in [1.29, 1.82) is 0 Å². The van der Waals surface area contributed by atoms with E-state index in [0.717, 1.165) is 16.6 Å². The van der Waals surface area contributed by atoms with Gasteiger partial charge in [0.05, 0.1) is 24.0 Å². The predicted octanol–water partition coefficient (Wildman–Crippen LogP) is 2.26. The third-order valence-electron chi connectivity index (χ3n) is 4.57. The van der Waals surface area contributed by atoms with E-state index in [1.54, 1.807) is 27.7 Å². The van der Waals surface area contributed by atoms with Crippen LogP contribution in [0, 0.1) is 5.82 Å². The lowest BCUT2D eigenvalue weighted by atomic mass is 10.1. The van der Waals surface area contributed by atoms with Crippen LogP contribution in [0.25, 0.3) is 33.3 Å². The third-order valence-corrected chi connectivity index (χ3v) is 4.57. The fourth-order valence-electron chi connectivity index (χ4n) is 3.18. The molecule has 8 nitrogen and oxygen atoms in total. The van der Waals surface area contributed by atoms with Crippen LogP contribution in [-0.4, -0.2) is 34.7 Å². The second kappa shape index (κ2) is 6.08. The van der Waals surface area contributed by atoms with Crippen molar-refractivity contribution >= 4 is 22.1 Å². The fourth-order valence-corrected chi connectivity index (χ4v) is 3.18. The highest BCUT2D eigenvalue weighted by atomic mass is 19.1. The number of fused-ring (bicyclic) bond motifs is 2. The zero-order valence-corrected chi connectivity index (χ0v) is 14.8. The van der Waals surface area contributed by atoms with Crippen LogP contribution in [0.4, 0.5) is 4.39 Å². The molecule has 5 rings (SSSR count). The first kappa shape index (κ1) is 16.3. The molecule has 0 radical (unpaired) electrons. The Kier molecular flexibility index (Phi) is 3.54. The molecule has 0 saturated carbocycles. The first-order valence-electron chi connectivity index (χ1n) is 8.57. The highest BCUT2D eigenvalue weighted by Gasteiger charge is 2.13. The van der Waals surface area contributed by atoms with Gasteiger partial charge in [0.1, 0.15) is 11.3 Å². The van der Waals surface area contributed by atoms with Gasteiger partial charge in [0.2, 0.25) is 5.56 Å². The van der Waals surface area contributed by atoms with Crippen LogP contribution in [0.2, 0.25) is 0 Å². The summed E-state index contributed by atoms with van der Waals surface area (Å²) < 4.78 is 17.8. The van der Waals surface area contributed by atoms with Crippen LogP contribution >= 0.6 is 0 Å². The Labute approximate surface area is 157 Å². The molecule has 0 unspecified atom stereocenters. The van der Waals surface area contributed by atoms with Gasteiger partial charge >= 0.3 is 0 Å². The van der Waals surface area contributed by atoms with Crippen LogP contribution in [-0.2, 0) is 13.6 Å². The molecule has 0 atom stereocenters. The van der Waals surface area contributed by atoms with E-state index in [1.165, 1.54) is 12.1 Å². The molecule has 0 amide bonds. The Hall–Kier alpha value is -3.88. The molecule has 0 bridgehead atoms. The average molecular weight is 375 g/mol. The Morgan fingerprint density at radius 2 is 2.07 bits per heavy atom. The van der Waals surface area contributed by atoms with Crippen LogP contribution < -0.4 is 5.56 Å². The van der Waals surface area contributed by atoms with E-state index in [-0.39, 0.29) is 12.1 Å². The van der Waals surface area contributed by atoms with Crippen LogP contribution in [0.3, 0.4) is 0 Å². The van der Waals surface area contributed by atoms with Gasteiger partial charge in [-0.1, -0.05) is 5.21 Å². The number of nitrogens with zero attached hydrogens (tertiary/aromatic N) is 6. The molecule has 4 aromatic heterocycles. The minimum Gasteiger partial charge on any atom is -0.322 e. The Morgan fingerprint density at radius 1 is 1.18 bits per heavy atom. The van der Waals surface area contributed by atoms with Gasteiger partial charge in [0.15, 0.2) is 5.65 Å². The molecule has 138 valence electrons. The molecular weight excluding hydrogens is 361 g/mol. The molecule has 0 saturated heterocycles. The van der Waals surface area contributed by atoms with Gasteiger partial charge in [-0.2, -0.15) is 5.10 Å². The summed E-state index contributed by atoms with van der Waals surface area (Å²) in [5.41, 5.74) is 3.40. The van der Waals surface area contributed by atoms with E-state index in [2.05, 4.69) is 25.4 Å². The molecule has 9 heteroatoms. The lowest BCUT2D eigenvalue weighted by Crippen LogP contribution is -2.07. The zero-order chi connectivity index (χ0) is 19.3. The number of rotatable bonds is 3. The van der Waals surface area contributed by atoms with E-state index in [4.69, 9.17) is 0 Å². The maximum absolute atomic E-state index is 14.6. The molecule has 1 aromatic carbocycles. The van der Waals surface area contributed by atoms with Gasteiger partial charge in [-0.3, -0.25) is 9.48 Å². The molecule has 0 spiro atoms. The number of benzene rings is 1. The Bertz CT molecular complexity index is 1400. The number of aryl methyl sites for hydroxylation is 1. The molecule has 0 aliphatic heterocycles. The lowest BCUT2D eigenvalue weighted by Gasteiger charge is -2.07. The molecule has 0 aliphatic rings. The summed E-state index contributed by atoms with van der Waals surface area (Å²) in [5, 5.41) is 13.1. The van der Waals surface area contributed by atoms with Crippen molar-refractivity contribution in [3.8, 4) is 11.3 Å². The van der Waals surface area contributed by atoms with E-state index < -0.39 is 5.82 Å². The molecular formula is C19H14FN7O. The third kappa shape index (κ3) is 2.73. The summed E-state index contributed by atoms with van der Waals surface area (Å²) in [5.74, 6) is -0.429. The van der Waals surface area contributed by atoms with Crippen molar-refractivity contribution in [2.75, 3.05) is 0 Å². The van der Waals surface area contributed by atoms with Gasteiger partial charge in [0, 0.05) is 30.4 Å².